The first-order chi connectivity index (χ1) is 6.08. The second-order valence-electron chi connectivity index (χ2n) is 4.83. The average molecular weight is 198 g/mol. The average Bonchev–Trinajstić information content (AvgIpc) is 1.92. The quantitative estimate of drug-likeness (QED) is 0.485. The first-order valence-corrected chi connectivity index (χ1v) is 8.83. The Labute approximate surface area is 83.3 Å². The fourth-order valence-electron chi connectivity index (χ4n) is 1.68. The van der Waals surface area contributed by atoms with Gasteiger partial charge in [0.15, 0.2) is 8.32 Å². The van der Waals surface area contributed by atoms with Crippen molar-refractivity contribution in [1.82, 2.24) is 0 Å². The number of rotatable bonds is 2. The van der Waals surface area contributed by atoms with E-state index in [0.717, 1.165) is 0 Å². The molecular formula is C11H22OSi. The Hall–Kier alpha value is -0.0831. The molecule has 0 fully saturated rings. The molecule has 0 amide bonds. The molecule has 1 unspecified atom stereocenters. The highest BCUT2D eigenvalue weighted by molar-refractivity contribution is 6.69. The Morgan fingerprint density at radius 3 is 2.62 bits per heavy atom. The van der Waals surface area contributed by atoms with E-state index in [1.165, 1.54) is 32.1 Å². The predicted octanol–water partition coefficient (Wildman–Crippen LogP) is 3.73. The molecule has 0 aromatic carbocycles. The molecule has 0 radical (unpaired) electrons. The third-order valence-electron chi connectivity index (χ3n) is 2.22. The van der Waals surface area contributed by atoms with Crippen LogP contribution in [0.4, 0.5) is 0 Å². The Morgan fingerprint density at radius 2 is 1.92 bits per heavy atom. The van der Waals surface area contributed by atoms with Crippen LogP contribution in [-0.4, -0.2) is 14.4 Å². The van der Waals surface area contributed by atoms with Crippen LogP contribution < -0.4 is 0 Å². The molecule has 1 aliphatic rings. The van der Waals surface area contributed by atoms with Crippen molar-refractivity contribution in [3.8, 4) is 0 Å². The van der Waals surface area contributed by atoms with Crippen LogP contribution >= 0.6 is 0 Å². The summed E-state index contributed by atoms with van der Waals surface area (Å²) in [6.07, 6.45) is 11.5. The molecule has 0 saturated carbocycles. The largest absolute Gasteiger partial charge is 0.411 e. The maximum Gasteiger partial charge on any atom is 0.184 e. The van der Waals surface area contributed by atoms with Gasteiger partial charge in [0, 0.05) is 0 Å². The highest BCUT2D eigenvalue weighted by atomic mass is 28.4. The lowest BCUT2D eigenvalue weighted by atomic mass is 10.0. The van der Waals surface area contributed by atoms with Gasteiger partial charge in [-0.25, -0.2) is 0 Å². The van der Waals surface area contributed by atoms with Gasteiger partial charge < -0.3 is 4.43 Å². The topological polar surface area (TPSA) is 9.23 Å². The third-order valence-corrected chi connectivity index (χ3v) is 3.22. The van der Waals surface area contributed by atoms with Crippen molar-refractivity contribution in [3.05, 3.63) is 12.2 Å². The number of hydrogen-bond acceptors (Lipinski definition) is 1. The molecule has 0 aromatic rings. The molecule has 2 heteroatoms. The summed E-state index contributed by atoms with van der Waals surface area (Å²) in [5, 5.41) is 0. The van der Waals surface area contributed by atoms with Crippen molar-refractivity contribution >= 4 is 8.32 Å². The van der Waals surface area contributed by atoms with Crippen molar-refractivity contribution in [2.24, 2.45) is 0 Å². The van der Waals surface area contributed by atoms with Crippen molar-refractivity contribution < 1.29 is 4.43 Å². The summed E-state index contributed by atoms with van der Waals surface area (Å²) in [6.45, 7) is 6.79. The summed E-state index contributed by atoms with van der Waals surface area (Å²) >= 11 is 0. The molecular weight excluding hydrogens is 176 g/mol. The number of allylic oxidation sites excluding steroid dienone is 1. The monoisotopic (exact) mass is 198 g/mol. The molecule has 0 bridgehead atoms. The predicted molar refractivity (Wildman–Crippen MR) is 60.4 cm³/mol. The zero-order valence-corrected chi connectivity index (χ0v) is 10.2. The van der Waals surface area contributed by atoms with Crippen LogP contribution in [0.25, 0.3) is 0 Å². The standard InChI is InChI=1S/C11H22OSi/c1-13(2,3)12-11-9-7-5-4-6-8-10-11/h7,9,11H,4-6,8,10H2,1-3H3. The smallest absolute Gasteiger partial charge is 0.184 e. The minimum atomic E-state index is -1.33. The van der Waals surface area contributed by atoms with E-state index in [4.69, 9.17) is 4.43 Å². The van der Waals surface area contributed by atoms with E-state index in [1.54, 1.807) is 0 Å². The zero-order chi connectivity index (χ0) is 9.73. The zero-order valence-electron chi connectivity index (χ0n) is 9.18. The fourth-order valence-corrected chi connectivity index (χ4v) is 2.79. The lowest BCUT2D eigenvalue weighted by Gasteiger charge is -2.25. The van der Waals surface area contributed by atoms with E-state index in [2.05, 4.69) is 31.8 Å². The Kier molecular flexibility index (Phi) is 4.20. The second kappa shape index (κ2) is 4.96. The van der Waals surface area contributed by atoms with Crippen LogP contribution in [0.2, 0.25) is 19.6 Å². The van der Waals surface area contributed by atoms with E-state index in [9.17, 15) is 0 Å². The Morgan fingerprint density at radius 1 is 1.15 bits per heavy atom. The molecule has 0 aliphatic heterocycles. The van der Waals surface area contributed by atoms with E-state index in [1.807, 2.05) is 0 Å². The SMILES string of the molecule is C[Si](C)(C)OC1C=CCCCCC1. The maximum atomic E-state index is 6.07. The van der Waals surface area contributed by atoms with Gasteiger partial charge in [0.2, 0.25) is 0 Å². The molecule has 76 valence electrons. The summed E-state index contributed by atoms with van der Waals surface area (Å²) < 4.78 is 6.07. The van der Waals surface area contributed by atoms with Gasteiger partial charge in [0.05, 0.1) is 6.10 Å². The summed E-state index contributed by atoms with van der Waals surface area (Å²) in [5.74, 6) is 0. The lowest BCUT2D eigenvalue weighted by molar-refractivity contribution is 0.224. The minimum Gasteiger partial charge on any atom is -0.411 e. The van der Waals surface area contributed by atoms with E-state index < -0.39 is 8.32 Å². The van der Waals surface area contributed by atoms with E-state index in [-0.39, 0.29) is 0 Å². The van der Waals surface area contributed by atoms with Gasteiger partial charge in [-0.1, -0.05) is 25.0 Å². The summed E-state index contributed by atoms with van der Waals surface area (Å²) in [6, 6.07) is 0. The van der Waals surface area contributed by atoms with Gasteiger partial charge in [-0.15, -0.1) is 0 Å². The van der Waals surface area contributed by atoms with Crippen LogP contribution in [0.1, 0.15) is 32.1 Å². The van der Waals surface area contributed by atoms with Crippen LogP contribution in [0, 0.1) is 0 Å². The Bertz CT molecular complexity index is 169. The van der Waals surface area contributed by atoms with Gasteiger partial charge in [0.1, 0.15) is 0 Å². The van der Waals surface area contributed by atoms with Crippen LogP contribution in [-0.2, 0) is 4.43 Å². The number of hydrogen-bond donors (Lipinski definition) is 0. The first kappa shape index (κ1) is 11.0. The lowest BCUT2D eigenvalue weighted by Crippen LogP contribution is -2.31. The minimum absolute atomic E-state index is 0.409. The normalized spacial score (nSPS) is 25.3. The first-order valence-electron chi connectivity index (χ1n) is 5.42. The molecule has 0 aromatic heterocycles. The molecule has 13 heavy (non-hydrogen) atoms. The molecule has 0 heterocycles. The molecule has 0 saturated heterocycles. The van der Waals surface area contributed by atoms with Gasteiger partial charge in [-0.3, -0.25) is 0 Å². The third kappa shape index (κ3) is 5.27. The highest BCUT2D eigenvalue weighted by Gasteiger charge is 2.19. The molecule has 1 rings (SSSR count). The van der Waals surface area contributed by atoms with Gasteiger partial charge in [-0.2, -0.15) is 0 Å². The summed E-state index contributed by atoms with van der Waals surface area (Å²) in [5.41, 5.74) is 0. The van der Waals surface area contributed by atoms with Crippen molar-refractivity contribution in [2.75, 3.05) is 0 Å². The van der Waals surface area contributed by atoms with E-state index >= 15 is 0 Å². The van der Waals surface area contributed by atoms with Crippen molar-refractivity contribution in [2.45, 2.75) is 57.8 Å². The van der Waals surface area contributed by atoms with Crippen molar-refractivity contribution in [1.29, 1.82) is 0 Å². The van der Waals surface area contributed by atoms with Gasteiger partial charge in [-0.05, 0) is 38.9 Å². The molecule has 1 aliphatic carbocycles. The summed E-state index contributed by atoms with van der Waals surface area (Å²) in [7, 11) is -1.33. The van der Waals surface area contributed by atoms with Crippen molar-refractivity contribution in [3.63, 3.8) is 0 Å². The highest BCUT2D eigenvalue weighted by Crippen LogP contribution is 2.17. The maximum absolute atomic E-state index is 6.07. The van der Waals surface area contributed by atoms with Crippen LogP contribution in [0.3, 0.4) is 0 Å². The molecule has 1 atom stereocenters. The fraction of sp³-hybridized carbons (Fsp3) is 0.818. The Balaban J connectivity index is 2.42. The van der Waals surface area contributed by atoms with Gasteiger partial charge >= 0.3 is 0 Å². The van der Waals surface area contributed by atoms with Gasteiger partial charge in [0.25, 0.3) is 0 Å². The summed E-state index contributed by atoms with van der Waals surface area (Å²) in [4.78, 5) is 0. The van der Waals surface area contributed by atoms with E-state index in [0.29, 0.717) is 6.10 Å². The molecule has 1 nitrogen and oxygen atoms in total. The molecule has 0 N–H and O–H groups in total. The van der Waals surface area contributed by atoms with Crippen LogP contribution in [0.5, 0.6) is 0 Å². The molecule has 0 spiro atoms. The van der Waals surface area contributed by atoms with Crippen LogP contribution in [0.15, 0.2) is 12.2 Å². The second-order valence-corrected chi connectivity index (χ2v) is 9.30.